The molecule has 0 unspecified atom stereocenters. The third-order valence-corrected chi connectivity index (χ3v) is 2.59. The van der Waals surface area contributed by atoms with Crippen molar-refractivity contribution in [2.45, 2.75) is 13.5 Å². The molecule has 0 saturated heterocycles. The highest BCUT2D eigenvalue weighted by Gasteiger charge is 2.04. The molecule has 100 valence electrons. The zero-order chi connectivity index (χ0) is 13.5. The molecule has 0 atom stereocenters. The van der Waals surface area contributed by atoms with Crippen LogP contribution in [-0.4, -0.2) is 28.5 Å². The summed E-state index contributed by atoms with van der Waals surface area (Å²) in [4.78, 5) is 3.88. The molecule has 0 radical (unpaired) electrons. The molecule has 19 heavy (non-hydrogen) atoms. The number of methoxy groups -OCH3 is 1. The molecular formula is C14H17N3O2. The number of ether oxygens (including phenoxy) is 2. The second kappa shape index (κ2) is 6.58. The Morgan fingerprint density at radius 1 is 1.32 bits per heavy atom. The molecule has 5 nitrogen and oxygen atoms in total. The number of allylic oxidation sites excluding steroid dienone is 1. The number of nitrogens with zero attached hydrogens (tertiary/aromatic N) is 3. The van der Waals surface area contributed by atoms with Gasteiger partial charge in [0.1, 0.15) is 19.3 Å². The molecular weight excluding hydrogens is 242 g/mol. The SMILES string of the molecule is CC=Cc1ccc(OCCn2cncn2)c(OC)c1. The van der Waals surface area contributed by atoms with Crippen molar-refractivity contribution in [1.29, 1.82) is 0 Å². The van der Waals surface area contributed by atoms with E-state index >= 15 is 0 Å². The summed E-state index contributed by atoms with van der Waals surface area (Å²) in [6.07, 6.45) is 7.17. The van der Waals surface area contributed by atoms with Gasteiger partial charge in [-0.05, 0) is 24.6 Å². The molecule has 1 aromatic heterocycles. The summed E-state index contributed by atoms with van der Waals surface area (Å²) in [7, 11) is 1.64. The van der Waals surface area contributed by atoms with Gasteiger partial charge in [0.05, 0.1) is 13.7 Å². The molecule has 0 spiro atoms. The number of rotatable bonds is 6. The van der Waals surface area contributed by atoms with E-state index in [1.165, 1.54) is 6.33 Å². The number of aromatic nitrogens is 3. The van der Waals surface area contributed by atoms with Crippen molar-refractivity contribution in [3.05, 3.63) is 42.5 Å². The Morgan fingerprint density at radius 2 is 2.21 bits per heavy atom. The Balaban J connectivity index is 1.99. The molecule has 0 bridgehead atoms. The smallest absolute Gasteiger partial charge is 0.161 e. The molecule has 1 heterocycles. The van der Waals surface area contributed by atoms with Crippen LogP contribution in [0.1, 0.15) is 12.5 Å². The molecule has 0 aliphatic heterocycles. The predicted octanol–water partition coefficient (Wildman–Crippen LogP) is 2.40. The first-order chi connectivity index (χ1) is 9.33. The maximum atomic E-state index is 5.70. The first kappa shape index (κ1) is 13.1. The summed E-state index contributed by atoms with van der Waals surface area (Å²) < 4.78 is 12.7. The van der Waals surface area contributed by atoms with Gasteiger partial charge in [0.25, 0.3) is 0 Å². The van der Waals surface area contributed by atoms with Crippen molar-refractivity contribution >= 4 is 6.08 Å². The van der Waals surface area contributed by atoms with Gasteiger partial charge in [0.2, 0.25) is 0 Å². The normalized spacial score (nSPS) is 10.8. The van der Waals surface area contributed by atoms with Crippen LogP contribution in [0.5, 0.6) is 11.5 Å². The van der Waals surface area contributed by atoms with Gasteiger partial charge in [-0.3, -0.25) is 0 Å². The molecule has 2 aromatic rings. The fraction of sp³-hybridized carbons (Fsp3) is 0.286. The highest BCUT2D eigenvalue weighted by Crippen LogP contribution is 2.28. The van der Waals surface area contributed by atoms with Gasteiger partial charge in [0, 0.05) is 0 Å². The van der Waals surface area contributed by atoms with Gasteiger partial charge >= 0.3 is 0 Å². The van der Waals surface area contributed by atoms with Crippen molar-refractivity contribution < 1.29 is 9.47 Å². The zero-order valence-corrected chi connectivity index (χ0v) is 11.1. The van der Waals surface area contributed by atoms with Crippen LogP contribution in [-0.2, 0) is 6.54 Å². The fourth-order valence-electron chi connectivity index (χ4n) is 1.70. The third kappa shape index (κ3) is 3.58. The second-order valence-electron chi connectivity index (χ2n) is 3.92. The van der Waals surface area contributed by atoms with E-state index in [9.17, 15) is 0 Å². The quantitative estimate of drug-likeness (QED) is 0.799. The maximum absolute atomic E-state index is 5.70. The largest absolute Gasteiger partial charge is 0.493 e. The summed E-state index contributed by atoms with van der Waals surface area (Å²) >= 11 is 0. The van der Waals surface area contributed by atoms with Gasteiger partial charge < -0.3 is 9.47 Å². The summed E-state index contributed by atoms with van der Waals surface area (Å²) in [5.41, 5.74) is 1.09. The molecule has 0 aliphatic rings. The Morgan fingerprint density at radius 3 is 2.89 bits per heavy atom. The van der Waals surface area contributed by atoms with E-state index in [0.29, 0.717) is 13.2 Å². The van der Waals surface area contributed by atoms with Crippen LogP contribution in [0.2, 0.25) is 0 Å². The maximum Gasteiger partial charge on any atom is 0.161 e. The monoisotopic (exact) mass is 259 g/mol. The predicted molar refractivity (Wildman–Crippen MR) is 73.2 cm³/mol. The first-order valence-electron chi connectivity index (χ1n) is 6.09. The highest BCUT2D eigenvalue weighted by molar-refractivity contribution is 5.55. The van der Waals surface area contributed by atoms with E-state index in [2.05, 4.69) is 10.1 Å². The topological polar surface area (TPSA) is 49.2 Å². The summed E-state index contributed by atoms with van der Waals surface area (Å²) in [5, 5.41) is 4.01. The average molecular weight is 259 g/mol. The van der Waals surface area contributed by atoms with Gasteiger partial charge in [-0.1, -0.05) is 18.2 Å². The minimum atomic E-state index is 0.517. The summed E-state index contributed by atoms with van der Waals surface area (Å²) in [6, 6.07) is 5.85. The van der Waals surface area contributed by atoms with Crippen molar-refractivity contribution in [1.82, 2.24) is 14.8 Å². The molecule has 0 fully saturated rings. The van der Waals surface area contributed by atoms with E-state index in [1.807, 2.05) is 37.3 Å². The van der Waals surface area contributed by atoms with Crippen LogP contribution in [0.3, 0.4) is 0 Å². The van der Waals surface area contributed by atoms with Crippen molar-refractivity contribution in [2.75, 3.05) is 13.7 Å². The van der Waals surface area contributed by atoms with Crippen LogP contribution in [0.25, 0.3) is 6.08 Å². The van der Waals surface area contributed by atoms with Crippen LogP contribution in [0.4, 0.5) is 0 Å². The minimum Gasteiger partial charge on any atom is -0.493 e. The van der Waals surface area contributed by atoms with E-state index in [1.54, 1.807) is 18.1 Å². The Bertz CT molecular complexity index is 536. The highest BCUT2D eigenvalue weighted by atomic mass is 16.5. The lowest BCUT2D eigenvalue weighted by Crippen LogP contribution is -2.09. The lowest BCUT2D eigenvalue weighted by molar-refractivity contribution is 0.274. The van der Waals surface area contributed by atoms with Crippen molar-refractivity contribution in [2.24, 2.45) is 0 Å². The van der Waals surface area contributed by atoms with E-state index < -0.39 is 0 Å². The Kier molecular flexibility index (Phi) is 4.55. The van der Waals surface area contributed by atoms with Gasteiger partial charge in [0.15, 0.2) is 11.5 Å². The Hall–Kier alpha value is -2.30. The zero-order valence-electron chi connectivity index (χ0n) is 11.1. The standard InChI is InChI=1S/C14H17N3O2/c1-3-4-12-5-6-13(14(9-12)18-2)19-8-7-17-11-15-10-16-17/h3-6,9-11H,7-8H2,1-2H3. The van der Waals surface area contributed by atoms with E-state index in [4.69, 9.17) is 9.47 Å². The molecule has 2 rings (SSSR count). The summed E-state index contributed by atoms with van der Waals surface area (Å²) in [6.45, 7) is 3.15. The minimum absolute atomic E-state index is 0.517. The molecule has 0 aliphatic carbocycles. The first-order valence-corrected chi connectivity index (χ1v) is 6.09. The molecule has 0 amide bonds. The van der Waals surface area contributed by atoms with Crippen LogP contribution in [0, 0.1) is 0 Å². The molecule has 0 N–H and O–H groups in total. The van der Waals surface area contributed by atoms with E-state index in [0.717, 1.165) is 17.1 Å². The van der Waals surface area contributed by atoms with Gasteiger partial charge in [-0.15, -0.1) is 0 Å². The Labute approximate surface area is 112 Å². The van der Waals surface area contributed by atoms with Crippen LogP contribution >= 0.6 is 0 Å². The summed E-state index contributed by atoms with van der Waals surface area (Å²) in [5.74, 6) is 1.46. The lowest BCUT2D eigenvalue weighted by atomic mass is 10.2. The number of benzene rings is 1. The van der Waals surface area contributed by atoms with Crippen molar-refractivity contribution in [3.63, 3.8) is 0 Å². The van der Waals surface area contributed by atoms with Crippen LogP contribution < -0.4 is 9.47 Å². The molecule has 1 aromatic carbocycles. The number of hydrogen-bond donors (Lipinski definition) is 0. The third-order valence-electron chi connectivity index (χ3n) is 2.59. The van der Waals surface area contributed by atoms with Crippen LogP contribution in [0.15, 0.2) is 36.9 Å². The molecule has 5 heteroatoms. The lowest BCUT2D eigenvalue weighted by Gasteiger charge is -2.11. The van der Waals surface area contributed by atoms with Gasteiger partial charge in [-0.2, -0.15) is 5.10 Å². The average Bonchev–Trinajstić information content (AvgIpc) is 2.93. The second-order valence-corrected chi connectivity index (χ2v) is 3.92. The van der Waals surface area contributed by atoms with Gasteiger partial charge in [-0.25, -0.2) is 9.67 Å². The van der Waals surface area contributed by atoms with E-state index in [-0.39, 0.29) is 0 Å². The number of hydrogen-bond acceptors (Lipinski definition) is 4. The fourth-order valence-corrected chi connectivity index (χ4v) is 1.70. The molecule has 0 saturated carbocycles. The van der Waals surface area contributed by atoms with Crippen molar-refractivity contribution in [3.8, 4) is 11.5 Å².